The number of carbonyl (C=O) groups excluding carboxylic acids is 1. The summed E-state index contributed by atoms with van der Waals surface area (Å²) in [5.41, 5.74) is 1.01. The number of hydrogen-bond donors (Lipinski definition) is 1. The number of hydrogen-bond acceptors (Lipinski definition) is 2. The minimum absolute atomic E-state index is 0.197. The Labute approximate surface area is 125 Å². The third kappa shape index (κ3) is 3.62. The number of aromatic amines is 1. The first-order valence-electron chi connectivity index (χ1n) is 5.85. The third-order valence-electron chi connectivity index (χ3n) is 2.72. The molecule has 0 bridgehead atoms. The Morgan fingerprint density at radius 1 is 1.20 bits per heavy atom. The van der Waals surface area contributed by atoms with E-state index in [2.05, 4.69) is 4.98 Å². The van der Waals surface area contributed by atoms with E-state index < -0.39 is 0 Å². The van der Waals surface area contributed by atoms with Gasteiger partial charge in [-0.2, -0.15) is 0 Å². The Kier molecular flexibility index (Phi) is 4.47. The molecule has 1 heterocycles. The number of nitrogens with one attached hydrogen (secondary N) is 1. The van der Waals surface area contributed by atoms with Crippen LogP contribution in [0.3, 0.4) is 0 Å². The molecule has 0 saturated heterocycles. The molecule has 0 aliphatic carbocycles. The van der Waals surface area contributed by atoms with E-state index in [9.17, 15) is 9.59 Å². The van der Waals surface area contributed by atoms with Crippen molar-refractivity contribution in [3.63, 3.8) is 0 Å². The summed E-state index contributed by atoms with van der Waals surface area (Å²) in [6.45, 7) is 0.373. The molecular weight excluding hydrogens is 299 g/mol. The van der Waals surface area contributed by atoms with Gasteiger partial charge in [-0.15, -0.1) is 0 Å². The second kappa shape index (κ2) is 6.11. The number of carbonyl (C=O) groups is 1. The SMILES string of the molecule is CN(Cc1cc(Cl)cc(Cl)c1)C(=O)c1ccc(=O)[nH]c1. The lowest BCUT2D eigenvalue weighted by molar-refractivity contribution is 0.0784. The van der Waals surface area contributed by atoms with Crippen LogP contribution in [0.5, 0.6) is 0 Å². The second-order valence-corrected chi connectivity index (χ2v) is 5.25. The summed E-state index contributed by atoms with van der Waals surface area (Å²) < 4.78 is 0. The van der Waals surface area contributed by atoms with Crippen molar-refractivity contribution in [2.24, 2.45) is 0 Å². The topological polar surface area (TPSA) is 53.2 Å². The van der Waals surface area contributed by atoms with Gasteiger partial charge in [0.05, 0.1) is 5.56 Å². The number of pyridine rings is 1. The maximum absolute atomic E-state index is 12.2. The maximum atomic E-state index is 12.2. The average Bonchev–Trinajstić information content (AvgIpc) is 2.37. The Bertz CT molecular complexity index is 657. The predicted molar refractivity (Wildman–Crippen MR) is 79.3 cm³/mol. The lowest BCUT2D eigenvalue weighted by Gasteiger charge is -2.17. The van der Waals surface area contributed by atoms with Crippen LogP contribution >= 0.6 is 23.2 Å². The number of aromatic nitrogens is 1. The van der Waals surface area contributed by atoms with E-state index in [0.29, 0.717) is 22.2 Å². The quantitative estimate of drug-likeness (QED) is 0.947. The van der Waals surface area contributed by atoms with Crippen molar-refractivity contribution in [2.45, 2.75) is 6.54 Å². The van der Waals surface area contributed by atoms with Gasteiger partial charge in [0, 0.05) is 35.9 Å². The molecule has 0 spiro atoms. The molecule has 1 aromatic carbocycles. The van der Waals surface area contributed by atoms with E-state index in [0.717, 1.165) is 5.56 Å². The number of benzene rings is 1. The summed E-state index contributed by atoms with van der Waals surface area (Å²) in [6, 6.07) is 7.95. The smallest absolute Gasteiger partial charge is 0.255 e. The van der Waals surface area contributed by atoms with Crippen LogP contribution in [0.1, 0.15) is 15.9 Å². The lowest BCUT2D eigenvalue weighted by Crippen LogP contribution is -2.26. The summed E-state index contributed by atoms with van der Waals surface area (Å²) in [7, 11) is 1.67. The Balaban J connectivity index is 2.15. The zero-order valence-electron chi connectivity index (χ0n) is 10.7. The Morgan fingerprint density at radius 2 is 1.85 bits per heavy atom. The molecule has 0 fully saturated rings. The highest BCUT2D eigenvalue weighted by Gasteiger charge is 2.12. The molecule has 104 valence electrons. The van der Waals surface area contributed by atoms with Crippen molar-refractivity contribution < 1.29 is 4.79 Å². The standard InChI is InChI=1S/C14H12Cl2N2O2/c1-18(8-9-4-11(15)6-12(16)5-9)14(20)10-2-3-13(19)17-7-10/h2-7H,8H2,1H3,(H,17,19). The normalized spacial score (nSPS) is 10.3. The second-order valence-electron chi connectivity index (χ2n) is 4.38. The molecule has 1 N–H and O–H groups in total. The van der Waals surface area contributed by atoms with Gasteiger partial charge >= 0.3 is 0 Å². The summed E-state index contributed by atoms with van der Waals surface area (Å²) in [5, 5.41) is 1.05. The molecule has 6 heteroatoms. The summed E-state index contributed by atoms with van der Waals surface area (Å²) >= 11 is 11.8. The number of amides is 1. The van der Waals surface area contributed by atoms with Crippen molar-refractivity contribution in [2.75, 3.05) is 7.05 Å². The molecule has 0 aliphatic rings. The molecule has 0 unspecified atom stereocenters. The van der Waals surface area contributed by atoms with Crippen LogP contribution in [0.15, 0.2) is 41.3 Å². The third-order valence-corrected chi connectivity index (χ3v) is 3.16. The summed E-state index contributed by atoms with van der Waals surface area (Å²) in [6.07, 6.45) is 1.39. The van der Waals surface area contributed by atoms with Gasteiger partial charge in [0.2, 0.25) is 5.56 Å². The van der Waals surface area contributed by atoms with Crippen molar-refractivity contribution in [3.8, 4) is 0 Å². The molecule has 4 nitrogen and oxygen atoms in total. The first-order chi connectivity index (χ1) is 9.45. The number of halogens is 2. The van der Waals surface area contributed by atoms with E-state index in [1.807, 2.05) is 0 Å². The fourth-order valence-corrected chi connectivity index (χ4v) is 2.38. The molecule has 1 amide bonds. The first kappa shape index (κ1) is 14.6. The number of rotatable bonds is 3. The van der Waals surface area contributed by atoms with Gasteiger partial charge in [0.25, 0.3) is 5.91 Å². The van der Waals surface area contributed by atoms with Crippen molar-refractivity contribution in [1.82, 2.24) is 9.88 Å². The minimum atomic E-state index is -0.245. The van der Waals surface area contributed by atoms with Gasteiger partial charge in [0.1, 0.15) is 0 Å². The van der Waals surface area contributed by atoms with Crippen LogP contribution in [0.2, 0.25) is 10.0 Å². The van der Waals surface area contributed by atoms with Crippen LogP contribution in [0.25, 0.3) is 0 Å². The summed E-state index contributed by atoms with van der Waals surface area (Å²) in [5.74, 6) is -0.197. The van der Waals surface area contributed by atoms with Crippen LogP contribution in [-0.4, -0.2) is 22.8 Å². The molecule has 1 aromatic heterocycles. The Morgan fingerprint density at radius 3 is 2.40 bits per heavy atom. The highest BCUT2D eigenvalue weighted by molar-refractivity contribution is 6.34. The first-order valence-corrected chi connectivity index (χ1v) is 6.60. The highest BCUT2D eigenvalue weighted by atomic mass is 35.5. The van der Waals surface area contributed by atoms with Gasteiger partial charge in [-0.25, -0.2) is 0 Å². The fourth-order valence-electron chi connectivity index (χ4n) is 1.81. The van der Waals surface area contributed by atoms with Gasteiger partial charge < -0.3 is 9.88 Å². The van der Waals surface area contributed by atoms with Crippen LogP contribution in [0.4, 0.5) is 0 Å². The van der Waals surface area contributed by atoms with Gasteiger partial charge in [-0.05, 0) is 29.8 Å². The average molecular weight is 311 g/mol. The highest BCUT2D eigenvalue weighted by Crippen LogP contribution is 2.20. The largest absolute Gasteiger partial charge is 0.337 e. The van der Waals surface area contributed by atoms with E-state index in [-0.39, 0.29) is 11.5 Å². The maximum Gasteiger partial charge on any atom is 0.255 e. The van der Waals surface area contributed by atoms with Crippen molar-refractivity contribution in [3.05, 3.63) is 68.1 Å². The molecular formula is C14H12Cl2N2O2. The number of nitrogens with zero attached hydrogens (tertiary/aromatic N) is 1. The molecule has 2 rings (SSSR count). The molecule has 0 aliphatic heterocycles. The zero-order chi connectivity index (χ0) is 14.7. The van der Waals surface area contributed by atoms with Crippen molar-refractivity contribution in [1.29, 1.82) is 0 Å². The monoisotopic (exact) mass is 310 g/mol. The van der Waals surface area contributed by atoms with E-state index >= 15 is 0 Å². The predicted octanol–water partition coefficient (Wildman–Crippen LogP) is 2.95. The van der Waals surface area contributed by atoms with E-state index in [4.69, 9.17) is 23.2 Å². The molecule has 0 atom stereocenters. The lowest BCUT2D eigenvalue weighted by atomic mass is 10.2. The summed E-state index contributed by atoms with van der Waals surface area (Å²) in [4.78, 5) is 27.1. The van der Waals surface area contributed by atoms with Crippen LogP contribution in [0, 0.1) is 0 Å². The van der Waals surface area contributed by atoms with Crippen LogP contribution < -0.4 is 5.56 Å². The molecule has 20 heavy (non-hydrogen) atoms. The van der Waals surface area contributed by atoms with Crippen molar-refractivity contribution >= 4 is 29.1 Å². The van der Waals surface area contributed by atoms with Gasteiger partial charge in [-0.3, -0.25) is 9.59 Å². The molecule has 2 aromatic rings. The van der Waals surface area contributed by atoms with E-state index in [1.165, 1.54) is 23.2 Å². The fraction of sp³-hybridized carbons (Fsp3) is 0.143. The molecule has 0 radical (unpaired) electrons. The zero-order valence-corrected chi connectivity index (χ0v) is 12.2. The number of H-pyrrole nitrogens is 1. The van der Waals surface area contributed by atoms with E-state index in [1.54, 1.807) is 25.2 Å². The minimum Gasteiger partial charge on any atom is -0.337 e. The van der Waals surface area contributed by atoms with Gasteiger partial charge in [0.15, 0.2) is 0 Å². The Hall–Kier alpha value is -1.78. The molecule has 0 saturated carbocycles. The van der Waals surface area contributed by atoms with Crippen LogP contribution in [-0.2, 0) is 6.54 Å². The van der Waals surface area contributed by atoms with Gasteiger partial charge in [-0.1, -0.05) is 23.2 Å².